The van der Waals surface area contributed by atoms with Gasteiger partial charge in [-0.25, -0.2) is 8.42 Å². The van der Waals surface area contributed by atoms with Gasteiger partial charge in [0.1, 0.15) is 0 Å². The number of rotatable bonds is 4. The first kappa shape index (κ1) is 16.5. The molecule has 5 heteroatoms. The van der Waals surface area contributed by atoms with Crippen molar-refractivity contribution in [1.82, 2.24) is 4.90 Å². The highest BCUT2D eigenvalue weighted by Crippen LogP contribution is 2.42. The predicted octanol–water partition coefficient (Wildman–Crippen LogP) is 2.43. The van der Waals surface area contributed by atoms with Crippen LogP contribution in [0.25, 0.3) is 0 Å². The number of carbonyl (C=O) groups is 1. The molecule has 0 N–H and O–H groups in total. The minimum Gasteiger partial charge on any atom is -0.338 e. The van der Waals surface area contributed by atoms with Gasteiger partial charge in [0.2, 0.25) is 5.91 Å². The van der Waals surface area contributed by atoms with Gasteiger partial charge in [-0.05, 0) is 50.5 Å². The Kier molecular flexibility index (Phi) is 4.25. The molecule has 1 amide bonds. The second-order valence-corrected chi connectivity index (χ2v) is 9.42. The van der Waals surface area contributed by atoms with Crippen molar-refractivity contribution in [2.24, 2.45) is 5.92 Å². The fraction of sp³-hybridized carbons (Fsp3) is 0.611. The van der Waals surface area contributed by atoms with E-state index in [4.69, 9.17) is 0 Å². The van der Waals surface area contributed by atoms with Crippen molar-refractivity contribution in [1.29, 1.82) is 0 Å². The monoisotopic (exact) mass is 335 g/mol. The Balaban J connectivity index is 1.74. The van der Waals surface area contributed by atoms with E-state index in [0.717, 1.165) is 19.3 Å². The lowest BCUT2D eigenvalue weighted by Gasteiger charge is -2.42. The number of carbonyl (C=O) groups excluding carboxylic acids is 1. The molecule has 1 saturated carbocycles. The third kappa shape index (κ3) is 2.80. The van der Waals surface area contributed by atoms with Crippen LogP contribution in [-0.4, -0.2) is 42.8 Å². The van der Waals surface area contributed by atoms with Crippen LogP contribution in [0.2, 0.25) is 0 Å². The second kappa shape index (κ2) is 5.93. The van der Waals surface area contributed by atoms with Gasteiger partial charge in [-0.3, -0.25) is 4.79 Å². The third-order valence-corrected chi connectivity index (χ3v) is 7.78. The summed E-state index contributed by atoms with van der Waals surface area (Å²) < 4.78 is 23.2. The molecule has 2 aliphatic rings. The third-order valence-electron chi connectivity index (χ3n) is 5.78. The largest absolute Gasteiger partial charge is 0.338 e. The zero-order valence-electron chi connectivity index (χ0n) is 13.9. The van der Waals surface area contributed by atoms with E-state index >= 15 is 0 Å². The Labute approximate surface area is 138 Å². The first-order valence-corrected chi connectivity index (χ1v) is 10.3. The lowest BCUT2D eigenvalue weighted by molar-refractivity contribution is -0.137. The smallest absolute Gasteiger partial charge is 0.244 e. The predicted molar refractivity (Wildman–Crippen MR) is 90.9 cm³/mol. The number of amides is 1. The van der Waals surface area contributed by atoms with E-state index < -0.39 is 14.6 Å². The summed E-state index contributed by atoms with van der Waals surface area (Å²) in [7, 11) is -3.36. The molecular formula is C18H25NO3S. The summed E-state index contributed by atoms with van der Waals surface area (Å²) in [4.78, 5) is 14.8. The summed E-state index contributed by atoms with van der Waals surface area (Å²) in [5.41, 5.74) is 1.28. The second-order valence-electron chi connectivity index (χ2n) is 7.10. The Hall–Kier alpha value is -1.36. The lowest BCUT2D eigenvalue weighted by Crippen LogP contribution is -2.58. The number of benzene rings is 1. The molecule has 23 heavy (non-hydrogen) atoms. The molecule has 1 heterocycles. The minimum absolute atomic E-state index is 0.0990. The Morgan fingerprint density at radius 1 is 1.26 bits per heavy atom. The Morgan fingerprint density at radius 3 is 2.43 bits per heavy atom. The van der Waals surface area contributed by atoms with Gasteiger partial charge in [0.15, 0.2) is 14.6 Å². The van der Waals surface area contributed by atoms with Crippen molar-refractivity contribution < 1.29 is 13.2 Å². The van der Waals surface area contributed by atoms with Crippen molar-refractivity contribution in [3.63, 3.8) is 0 Å². The Morgan fingerprint density at radius 2 is 1.91 bits per heavy atom. The summed E-state index contributed by atoms with van der Waals surface area (Å²) >= 11 is 0. The van der Waals surface area contributed by atoms with Crippen LogP contribution in [0.1, 0.15) is 38.2 Å². The lowest BCUT2D eigenvalue weighted by atomic mass is 9.82. The number of nitrogens with zero attached hydrogens (tertiary/aromatic N) is 1. The normalized spacial score (nSPS) is 26.8. The minimum atomic E-state index is -3.36. The maximum atomic E-state index is 13.0. The molecule has 0 aromatic heterocycles. The first-order chi connectivity index (χ1) is 10.8. The summed E-state index contributed by atoms with van der Waals surface area (Å²) in [5, 5.41) is 0. The molecular weight excluding hydrogens is 310 g/mol. The maximum absolute atomic E-state index is 13.0. The van der Waals surface area contributed by atoms with Gasteiger partial charge in [-0.2, -0.15) is 0 Å². The van der Waals surface area contributed by atoms with Crippen molar-refractivity contribution >= 4 is 15.7 Å². The van der Waals surface area contributed by atoms with Crippen molar-refractivity contribution in [2.75, 3.05) is 12.8 Å². The van der Waals surface area contributed by atoms with Gasteiger partial charge < -0.3 is 4.90 Å². The molecule has 3 rings (SSSR count). The summed E-state index contributed by atoms with van der Waals surface area (Å²) in [6, 6.07) is 10.4. The molecule has 126 valence electrons. The SMILES string of the molecule is C[C@@H]1[C@@H](Cc2ccccc2)CCN1C(=O)C1(S(C)(=O)=O)CCC1. The maximum Gasteiger partial charge on any atom is 0.244 e. The van der Waals surface area contributed by atoms with Gasteiger partial charge in [0.05, 0.1) is 0 Å². The fourth-order valence-electron chi connectivity index (χ4n) is 3.98. The molecule has 0 spiro atoms. The quantitative estimate of drug-likeness (QED) is 0.849. The molecule has 1 aromatic rings. The molecule has 2 fully saturated rings. The number of hydrogen-bond acceptors (Lipinski definition) is 3. The standard InChI is InChI=1S/C18H25NO3S/c1-14-16(13-15-7-4-3-5-8-15)9-12-19(14)17(20)18(10-6-11-18)23(2,21)22/h3-5,7-8,14,16H,6,9-13H2,1-2H3/t14-,16-/m1/s1. The van der Waals surface area contributed by atoms with Crippen LogP contribution in [0.4, 0.5) is 0 Å². The van der Waals surface area contributed by atoms with Gasteiger partial charge in [-0.15, -0.1) is 0 Å². The number of likely N-dealkylation sites (tertiary alicyclic amines) is 1. The van der Waals surface area contributed by atoms with E-state index in [1.807, 2.05) is 23.1 Å². The van der Waals surface area contributed by atoms with Gasteiger partial charge in [0.25, 0.3) is 0 Å². The summed E-state index contributed by atoms with van der Waals surface area (Å²) in [6.45, 7) is 2.74. The molecule has 4 nitrogen and oxygen atoms in total. The van der Waals surface area contributed by atoms with Gasteiger partial charge in [-0.1, -0.05) is 30.3 Å². The van der Waals surface area contributed by atoms with Gasteiger partial charge >= 0.3 is 0 Å². The van der Waals surface area contributed by atoms with Crippen LogP contribution < -0.4 is 0 Å². The van der Waals surface area contributed by atoms with Crippen LogP contribution in [0.5, 0.6) is 0 Å². The molecule has 1 aliphatic carbocycles. The molecule has 2 atom stereocenters. The van der Waals surface area contributed by atoms with Crippen LogP contribution in [0.3, 0.4) is 0 Å². The highest BCUT2D eigenvalue weighted by atomic mass is 32.2. The zero-order chi connectivity index (χ0) is 16.7. The average Bonchev–Trinajstić information content (AvgIpc) is 2.78. The summed E-state index contributed by atoms with van der Waals surface area (Å²) in [5.74, 6) is 0.243. The highest BCUT2D eigenvalue weighted by Gasteiger charge is 2.56. The molecule has 0 unspecified atom stereocenters. The topological polar surface area (TPSA) is 54.5 Å². The van der Waals surface area contributed by atoms with E-state index in [9.17, 15) is 13.2 Å². The fourth-order valence-corrected chi connectivity index (χ4v) is 5.45. The van der Waals surface area contributed by atoms with Crippen molar-refractivity contribution in [2.45, 2.75) is 49.8 Å². The van der Waals surface area contributed by atoms with Crippen molar-refractivity contribution in [3.05, 3.63) is 35.9 Å². The van der Waals surface area contributed by atoms with Crippen LogP contribution in [-0.2, 0) is 21.1 Å². The van der Waals surface area contributed by atoms with Gasteiger partial charge in [0, 0.05) is 18.8 Å². The molecule has 0 bridgehead atoms. The van der Waals surface area contributed by atoms with E-state index in [-0.39, 0.29) is 11.9 Å². The average molecular weight is 335 g/mol. The van der Waals surface area contributed by atoms with Crippen LogP contribution in [0.15, 0.2) is 30.3 Å². The molecule has 0 radical (unpaired) electrons. The van der Waals surface area contributed by atoms with Crippen LogP contribution in [0, 0.1) is 5.92 Å². The van der Waals surface area contributed by atoms with E-state index in [1.165, 1.54) is 11.8 Å². The molecule has 1 aliphatic heterocycles. The van der Waals surface area contributed by atoms with Crippen molar-refractivity contribution in [3.8, 4) is 0 Å². The first-order valence-electron chi connectivity index (χ1n) is 8.40. The summed E-state index contributed by atoms with van der Waals surface area (Å²) in [6.07, 6.45) is 4.90. The Bertz CT molecular complexity index is 679. The molecule has 1 aromatic carbocycles. The van der Waals surface area contributed by atoms with E-state index in [0.29, 0.717) is 25.3 Å². The number of sulfone groups is 1. The van der Waals surface area contributed by atoms with Crippen LogP contribution >= 0.6 is 0 Å². The molecule has 1 saturated heterocycles. The zero-order valence-corrected chi connectivity index (χ0v) is 14.7. The van der Waals surface area contributed by atoms with E-state index in [2.05, 4.69) is 19.1 Å². The number of hydrogen-bond donors (Lipinski definition) is 0. The highest BCUT2D eigenvalue weighted by molar-refractivity contribution is 7.93. The van der Waals surface area contributed by atoms with E-state index in [1.54, 1.807) is 0 Å².